The predicted molar refractivity (Wildman–Crippen MR) is 91.1 cm³/mol. The van der Waals surface area contributed by atoms with Crippen molar-refractivity contribution in [2.75, 3.05) is 26.2 Å². The lowest BCUT2D eigenvalue weighted by atomic mass is 9.99. The first-order valence-corrected chi connectivity index (χ1v) is 8.39. The van der Waals surface area contributed by atoms with Crippen molar-refractivity contribution >= 4 is 17.7 Å². The van der Waals surface area contributed by atoms with Crippen LogP contribution in [0.15, 0.2) is 30.3 Å². The first kappa shape index (κ1) is 18.0. The molecule has 0 aromatic heterocycles. The average Bonchev–Trinajstić information content (AvgIpc) is 2.59. The van der Waals surface area contributed by atoms with Crippen LogP contribution in [0.5, 0.6) is 0 Å². The first-order chi connectivity index (χ1) is 11.5. The quantitative estimate of drug-likeness (QED) is 0.806. The van der Waals surface area contributed by atoms with Crippen LogP contribution < -0.4 is 10.6 Å². The Morgan fingerprint density at radius 2 is 1.62 bits per heavy atom. The zero-order valence-electron chi connectivity index (χ0n) is 14.1. The van der Waals surface area contributed by atoms with E-state index in [4.69, 9.17) is 0 Å². The van der Waals surface area contributed by atoms with E-state index in [1.165, 1.54) is 0 Å². The number of carbonyl (C=O) groups is 3. The molecule has 0 bridgehead atoms. The predicted octanol–water partition coefficient (Wildman–Crippen LogP) is 0.720. The molecule has 1 aliphatic rings. The summed E-state index contributed by atoms with van der Waals surface area (Å²) in [6, 6.07) is 9.33. The van der Waals surface area contributed by atoms with Crippen molar-refractivity contribution in [3.8, 4) is 0 Å². The number of likely N-dealkylation sites (tertiary alicyclic amines) is 1. The van der Waals surface area contributed by atoms with Gasteiger partial charge in [0.15, 0.2) is 0 Å². The zero-order valence-corrected chi connectivity index (χ0v) is 14.1. The maximum atomic E-state index is 12.0. The molecule has 1 aliphatic heterocycles. The lowest BCUT2D eigenvalue weighted by Gasteiger charge is -2.30. The Kier molecular flexibility index (Phi) is 6.78. The van der Waals surface area contributed by atoms with Gasteiger partial charge in [0.1, 0.15) is 0 Å². The number of amides is 3. The molecule has 6 nitrogen and oxygen atoms in total. The lowest BCUT2D eigenvalue weighted by Crippen LogP contribution is -2.45. The van der Waals surface area contributed by atoms with E-state index in [0.29, 0.717) is 5.92 Å². The molecule has 0 aliphatic carbocycles. The van der Waals surface area contributed by atoms with Gasteiger partial charge in [0, 0.05) is 13.1 Å². The van der Waals surface area contributed by atoms with Crippen LogP contribution in [0.3, 0.4) is 0 Å². The van der Waals surface area contributed by atoms with Gasteiger partial charge in [-0.25, -0.2) is 0 Å². The maximum Gasteiger partial charge on any atom is 0.241 e. The van der Waals surface area contributed by atoms with Crippen LogP contribution in [-0.2, 0) is 20.8 Å². The fraction of sp³-hybridized carbons (Fsp3) is 0.500. The molecule has 3 amide bonds. The molecular formula is C18H25N3O3. The molecule has 24 heavy (non-hydrogen) atoms. The number of piperidine rings is 1. The highest BCUT2D eigenvalue weighted by Crippen LogP contribution is 2.15. The number of hydrogen-bond acceptors (Lipinski definition) is 3. The standard InChI is InChI=1S/C18H25N3O3/c1-14-7-9-21(10-8-14)18(24)13-20-17(23)12-19-16(22)11-15-5-3-2-4-6-15/h2-6,14H,7-13H2,1H3,(H,19,22)(H,20,23). The van der Waals surface area contributed by atoms with Crippen molar-refractivity contribution in [3.63, 3.8) is 0 Å². The molecule has 6 heteroatoms. The van der Waals surface area contributed by atoms with Gasteiger partial charge in [-0.15, -0.1) is 0 Å². The summed E-state index contributed by atoms with van der Waals surface area (Å²) in [6.45, 7) is 3.56. The Labute approximate surface area is 142 Å². The normalized spacial score (nSPS) is 15.0. The van der Waals surface area contributed by atoms with E-state index in [2.05, 4.69) is 17.6 Å². The second-order valence-corrected chi connectivity index (χ2v) is 6.28. The Hall–Kier alpha value is -2.37. The van der Waals surface area contributed by atoms with Crippen molar-refractivity contribution in [1.82, 2.24) is 15.5 Å². The van der Waals surface area contributed by atoms with Gasteiger partial charge in [0.25, 0.3) is 0 Å². The van der Waals surface area contributed by atoms with Crippen LogP contribution in [0.2, 0.25) is 0 Å². The van der Waals surface area contributed by atoms with E-state index < -0.39 is 0 Å². The molecule has 0 saturated carbocycles. The van der Waals surface area contributed by atoms with E-state index in [1.807, 2.05) is 30.3 Å². The fourth-order valence-corrected chi connectivity index (χ4v) is 2.63. The SMILES string of the molecule is CC1CCN(C(=O)CNC(=O)CNC(=O)Cc2ccccc2)CC1. The number of carbonyl (C=O) groups excluding carboxylic acids is 3. The van der Waals surface area contributed by atoms with Gasteiger partial charge in [0.2, 0.25) is 17.7 Å². The van der Waals surface area contributed by atoms with E-state index in [-0.39, 0.29) is 37.2 Å². The first-order valence-electron chi connectivity index (χ1n) is 8.39. The second-order valence-electron chi connectivity index (χ2n) is 6.28. The summed E-state index contributed by atoms with van der Waals surface area (Å²) in [6.07, 6.45) is 2.25. The molecule has 0 spiro atoms. The van der Waals surface area contributed by atoms with Crippen LogP contribution in [0.4, 0.5) is 0 Å². The molecule has 0 atom stereocenters. The molecule has 130 valence electrons. The molecular weight excluding hydrogens is 306 g/mol. The van der Waals surface area contributed by atoms with Crippen LogP contribution in [0, 0.1) is 5.92 Å². The Bertz CT molecular complexity index is 566. The summed E-state index contributed by atoms with van der Waals surface area (Å²) in [4.78, 5) is 37.3. The average molecular weight is 331 g/mol. The third-order valence-electron chi connectivity index (χ3n) is 4.23. The smallest absolute Gasteiger partial charge is 0.241 e. The van der Waals surface area contributed by atoms with Crippen LogP contribution in [0.1, 0.15) is 25.3 Å². The van der Waals surface area contributed by atoms with Gasteiger partial charge in [-0.1, -0.05) is 37.3 Å². The van der Waals surface area contributed by atoms with E-state index in [1.54, 1.807) is 4.90 Å². The van der Waals surface area contributed by atoms with Gasteiger partial charge >= 0.3 is 0 Å². The van der Waals surface area contributed by atoms with Gasteiger partial charge in [-0.3, -0.25) is 14.4 Å². The Morgan fingerprint density at radius 3 is 2.29 bits per heavy atom. The molecule has 0 unspecified atom stereocenters. The molecule has 0 radical (unpaired) electrons. The summed E-state index contributed by atoms with van der Waals surface area (Å²) in [5.74, 6) is 0.0252. The van der Waals surface area contributed by atoms with Crippen molar-refractivity contribution < 1.29 is 14.4 Å². The van der Waals surface area contributed by atoms with Crippen LogP contribution >= 0.6 is 0 Å². The molecule has 1 heterocycles. The summed E-state index contributed by atoms with van der Waals surface area (Å²) < 4.78 is 0. The number of nitrogens with one attached hydrogen (secondary N) is 2. The Morgan fingerprint density at radius 1 is 1.00 bits per heavy atom. The molecule has 1 aromatic rings. The van der Waals surface area contributed by atoms with Crippen molar-refractivity contribution in [2.24, 2.45) is 5.92 Å². The third kappa shape index (κ3) is 6.02. The van der Waals surface area contributed by atoms with Crippen LogP contribution in [0.25, 0.3) is 0 Å². The van der Waals surface area contributed by atoms with Crippen molar-refractivity contribution in [2.45, 2.75) is 26.2 Å². The van der Waals surface area contributed by atoms with Crippen molar-refractivity contribution in [1.29, 1.82) is 0 Å². The summed E-state index contributed by atoms with van der Waals surface area (Å²) >= 11 is 0. The molecule has 2 N–H and O–H groups in total. The fourth-order valence-electron chi connectivity index (χ4n) is 2.63. The molecule has 2 rings (SSSR count). The van der Waals surface area contributed by atoms with E-state index in [0.717, 1.165) is 31.5 Å². The van der Waals surface area contributed by atoms with Gasteiger partial charge in [-0.05, 0) is 24.3 Å². The highest BCUT2D eigenvalue weighted by atomic mass is 16.2. The maximum absolute atomic E-state index is 12.0. The minimum Gasteiger partial charge on any atom is -0.347 e. The topological polar surface area (TPSA) is 78.5 Å². The Balaban J connectivity index is 1.62. The van der Waals surface area contributed by atoms with Crippen LogP contribution in [-0.4, -0.2) is 48.8 Å². The number of rotatable bonds is 6. The molecule has 1 aromatic carbocycles. The van der Waals surface area contributed by atoms with E-state index in [9.17, 15) is 14.4 Å². The molecule has 1 saturated heterocycles. The minimum atomic E-state index is -0.352. The molecule has 1 fully saturated rings. The van der Waals surface area contributed by atoms with E-state index >= 15 is 0 Å². The van der Waals surface area contributed by atoms with Gasteiger partial charge in [-0.2, -0.15) is 0 Å². The minimum absolute atomic E-state index is 0.0121. The second kappa shape index (κ2) is 9.05. The lowest BCUT2D eigenvalue weighted by molar-refractivity contribution is -0.134. The van der Waals surface area contributed by atoms with Gasteiger partial charge < -0.3 is 15.5 Å². The summed E-state index contributed by atoms with van der Waals surface area (Å²) in [5, 5.41) is 5.13. The number of benzene rings is 1. The number of hydrogen-bond donors (Lipinski definition) is 2. The monoisotopic (exact) mass is 331 g/mol. The third-order valence-corrected chi connectivity index (χ3v) is 4.23. The van der Waals surface area contributed by atoms with Gasteiger partial charge in [0.05, 0.1) is 19.5 Å². The highest BCUT2D eigenvalue weighted by Gasteiger charge is 2.20. The number of nitrogens with zero attached hydrogens (tertiary/aromatic N) is 1. The highest BCUT2D eigenvalue weighted by molar-refractivity contribution is 5.88. The summed E-state index contributed by atoms with van der Waals surface area (Å²) in [5.41, 5.74) is 0.893. The summed E-state index contributed by atoms with van der Waals surface area (Å²) in [7, 11) is 0. The zero-order chi connectivity index (χ0) is 17.4. The largest absolute Gasteiger partial charge is 0.347 e. The van der Waals surface area contributed by atoms with Crippen molar-refractivity contribution in [3.05, 3.63) is 35.9 Å².